The molecule has 0 fully saturated rings. The first kappa shape index (κ1) is 16.3. The van der Waals surface area contributed by atoms with Gasteiger partial charge in [-0.15, -0.1) is 0 Å². The van der Waals surface area contributed by atoms with Crippen LogP contribution >= 0.6 is 11.8 Å². The lowest BCUT2D eigenvalue weighted by molar-refractivity contribution is -0.137. The van der Waals surface area contributed by atoms with Crippen LogP contribution in [0.5, 0.6) is 0 Å². The van der Waals surface area contributed by atoms with Gasteiger partial charge in [-0.3, -0.25) is 0 Å². The van der Waals surface area contributed by atoms with Gasteiger partial charge in [-0.1, -0.05) is 19.1 Å². The largest absolute Gasteiger partial charge is 0.416 e. The molecule has 108 valence electrons. The van der Waals surface area contributed by atoms with Gasteiger partial charge in [-0.25, -0.2) is 0 Å². The fraction of sp³-hybridized carbons (Fsp3) is 0.538. The summed E-state index contributed by atoms with van der Waals surface area (Å²) in [7, 11) is 1.72. The Morgan fingerprint density at radius 1 is 1.37 bits per heavy atom. The number of hydrogen-bond donors (Lipinski definition) is 2. The Bertz CT molecular complexity index is 398. The van der Waals surface area contributed by atoms with Gasteiger partial charge in [-0.05, 0) is 24.7 Å². The number of rotatable bonds is 6. The van der Waals surface area contributed by atoms with E-state index in [9.17, 15) is 13.2 Å². The zero-order valence-electron chi connectivity index (χ0n) is 10.9. The van der Waals surface area contributed by atoms with Gasteiger partial charge >= 0.3 is 6.18 Å². The maximum atomic E-state index is 12.6. The minimum Gasteiger partial charge on any atom is -0.395 e. The Morgan fingerprint density at radius 3 is 2.58 bits per heavy atom. The summed E-state index contributed by atoms with van der Waals surface area (Å²) in [5.41, 5.74) is -0.0274. The standard InChI is InChI=1S/C13H18F3NOS/c1-9(7-18)19-8-12(17-2)10-4-3-5-11(6-10)13(14,15)16/h3-6,9,12,17-18H,7-8H2,1-2H3. The van der Waals surface area contributed by atoms with Crippen LogP contribution in [0.4, 0.5) is 13.2 Å². The number of aliphatic hydroxyl groups is 1. The highest BCUT2D eigenvalue weighted by Crippen LogP contribution is 2.31. The van der Waals surface area contributed by atoms with Gasteiger partial charge in [0.15, 0.2) is 0 Å². The van der Waals surface area contributed by atoms with E-state index in [0.29, 0.717) is 11.3 Å². The van der Waals surface area contributed by atoms with Crippen molar-refractivity contribution in [2.75, 3.05) is 19.4 Å². The third-order valence-electron chi connectivity index (χ3n) is 2.77. The number of alkyl halides is 3. The van der Waals surface area contributed by atoms with E-state index in [-0.39, 0.29) is 17.9 Å². The molecule has 2 nitrogen and oxygen atoms in total. The lowest BCUT2D eigenvalue weighted by atomic mass is 10.1. The Balaban J connectivity index is 2.81. The fourth-order valence-electron chi connectivity index (χ4n) is 1.59. The van der Waals surface area contributed by atoms with E-state index in [1.165, 1.54) is 23.9 Å². The number of thioether (sulfide) groups is 1. The molecule has 0 bridgehead atoms. The van der Waals surface area contributed by atoms with Crippen LogP contribution in [0.2, 0.25) is 0 Å². The summed E-state index contributed by atoms with van der Waals surface area (Å²) in [6.45, 7) is 1.94. The summed E-state index contributed by atoms with van der Waals surface area (Å²) in [4.78, 5) is 0. The second kappa shape index (κ2) is 7.17. The molecule has 0 amide bonds. The van der Waals surface area contributed by atoms with Crippen LogP contribution in [-0.4, -0.2) is 29.8 Å². The minimum absolute atomic E-state index is 0.0592. The van der Waals surface area contributed by atoms with Crippen LogP contribution in [0.3, 0.4) is 0 Å². The van der Waals surface area contributed by atoms with Crippen molar-refractivity contribution in [2.45, 2.75) is 24.4 Å². The van der Waals surface area contributed by atoms with Crippen molar-refractivity contribution in [3.8, 4) is 0 Å². The lowest BCUT2D eigenvalue weighted by Gasteiger charge is -2.19. The summed E-state index contributed by atoms with van der Waals surface area (Å²) in [6, 6.07) is 5.18. The van der Waals surface area contributed by atoms with Crippen molar-refractivity contribution in [3.05, 3.63) is 35.4 Å². The van der Waals surface area contributed by atoms with Crippen LogP contribution < -0.4 is 5.32 Å². The van der Waals surface area contributed by atoms with Gasteiger partial charge in [0, 0.05) is 17.0 Å². The first-order chi connectivity index (χ1) is 8.88. The van der Waals surface area contributed by atoms with E-state index in [0.717, 1.165) is 6.07 Å². The van der Waals surface area contributed by atoms with Crippen LogP contribution in [0.25, 0.3) is 0 Å². The number of benzene rings is 1. The van der Waals surface area contributed by atoms with Crippen LogP contribution in [0.15, 0.2) is 24.3 Å². The number of hydrogen-bond acceptors (Lipinski definition) is 3. The molecule has 1 aromatic rings. The summed E-state index contributed by atoms with van der Waals surface area (Å²) in [6.07, 6.45) is -4.32. The van der Waals surface area contributed by atoms with Gasteiger partial charge in [-0.2, -0.15) is 24.9 Å². The Morgan fingerprint density at radius 2 is 2.05 bits per heavy atom. The monoisotopic (exact) mass is 293 g/mol. The average Bonchev–Trinajstić information content (AvgIpc) is 2.38. The van der Waals surface area contributed by atoms with E-state index in [4.69, 9.17) is 5.11 Å². The molecule has 1 aromatic carbocycles. The molecule has 0 aliphatic carbocycles. The summed E-state index contributed by atoms with van der Waals surface area (Å²) in [5.74, 6) is 0.611. The Hall–Kier alpha value is -0.720. The first-order valence-corrected chi connectivity index (χ1v) is 7.00. The van der Waals surface area contributed by atoms with Gasteiger partial charge in [0.1, 0.15) is 0 Å². The van der Waals surface area contributed by atoms with Crippen molar-refractivity contribution in [1.82, 2.24) is 5.32 Å². The predicted octanol–water partition coefficient (Wildman–Crippen LogP) is 3.08. The van der Waals surface area contributed by atoms with E-state index in [1.807, 2.05) is 6.92 Å². The van der Waals surface area contributed by atoms with E-state index >= 15 is 0 Å². The molecule has 0 radical (unpaired) electrons. The molecular formula is C13H18F3NOS. The fourth-order valence-corrected chi connectivity index (χ4v) is 2.58. The van der Waals surface area contributed by atoms with Crippen molar-refractivity contribution in [1.29, 1.82) is 0 Å². The highest BCUT2D eigenvalue weighted by atomic mass is 32.2. The number of aliphatic hydroxyl groups excluding tert-OH is 1. The molecule has 0 aliphatic rings. The molecule has 2 atom stereocenters. The van der Waals surface area contributed by atoms with Crippen LogP contribution in [0, 0.1) is 0 Å². The van der Waals surface area contributed by atoms with Gasteiger partial charge < -0.3 is 10.4 Å². The Labute approximate surface area is 115 Å². The van der Waals surface area contributed by atoms with Gasteiger partial charge in [0.25, 0.3) is 0 Å². The average molecular weight is 293 g/mol. The second-order valence-corrected chi connectivity index (χ2v) is 5.76. The first-order valence-electron chi connectivity index (χ1n) is 5.95. The van der Waals surface area contributed by atoms with Gasteiger partial charge in [0.05, 0.1) is 12.2 Å². The summed E-state index contributed by atoms with van der Waals surface area (Å²) < 4.78 is 37.9. The van der Waals surface area contributed by atoms with E-state index in [2.05, 4.69) is 5.32 Å². The normalized spacial score (nSPS) is 15.3. The minimum atomic E-state index is -4.32. The van der Waals surface area contributed by atoms with Gasteiger partial charge in [0.2, 0.25) is 0 Å². The van der Waals surface area contributed by atoms with E-state index in [1.54, 1.807) is 13.1 Å². The number of nitrogens with one attached hydrogen (secondary N) is 1. The smallest absolute Gasteiger partial charge is 0.395 e. The molecule has 0 aromatic heterocycles. The zero-order valence-corrected chi connectivity index (χ0v) is 11.7. The summed E-state index contributed by atoms with van der Waals surface area (Å²) >= 11 is 1.52. The molecule has 0 saturated carbocycles. The van der Waals surface area contributed by atoms with Crippen molar-refractivity contribution < 1.29 is 18.3 Å². The molecule has 6 heteroatoms. The van der Waals surface area contributed by atoms with E-state index < -0.39 is 11.7 Å². The highest BCUT2D eigenvalue weighted by Gasteiger charge is 2.30. The SMILES string of the molecule is CNC(CSC(C)CO)c1cccc(C(F)(F)F)c1. The molecule has 2 unspecified atom stereocenters. The highest BCUT2D eigenvalue weighted by molar-refractivity contribution is 7.99. The maximum Gasteiger partial charge on any atom is 0.416 e. The Kier molecular flexibility index (Phi) is 6.16. The molecular weight excluding hydrogens is 275 g/mol. The van der Waals surface area contributed by atoms with Crippen molar-refractivity contribution in [3.63, 3.8) is 0 Å². The molecule has 1 rings (SSSR count). The predicted molar refractivity (Wildman–Crippen MR) is 72.3 cm³/mol. The van der Waals surface area contributed by atoms with Crippen molar-refractivity contribution >= 4 is 11.8 Å². The molecule has 0 spiro atoms. The lowest BCUT2D eigenvalue weighted by Crippen LogP contribution is -2.21. The quantitative estimate of drug-likeness (QED) is 0.845. The molecule has 0 aliphatic heterocycles. The second-order valence-electron chi connectivity index (χ2n) is 4.29. The topological polar surface area (TPSA) is 32.3 Å². The molecule has 0 saturated heterocycles. The summed E-state index contributed by atoms with van der Waals surface area (Å²) in [5, 5.41) is 12.0. The third kappa shape index (κ3) is 5.04. The van der Waals surface area contributed by atoms with Crippen LogP contribution in [0.1, 0.15) is 24.1 Å². The van der Waals surface area contributed by atoms with Crippen LogP contribution in [-0.2, 0) is 6.18 Å². The zero-order chi connectivity index (χ0) is 14.5. The maximum absolute atomic E-state index is 12.6. The third-order valence-corrected chi connectivity index (χ3v) is 4.01. The number of halogens is 3. The molecule has 0 heterocycles. The molecule has 2 N–H and O–H groups in total. The molecule has 19 heavy (non-hydrogen) atoms. The van der Waals surface area contributed by atoms with Crippen molar-refractivity contribution in [2.24, 2.45) is 0 Å².